The summed E-state index contributed by atoms with van der Waals surface area (Å²) in [5, 5.41) is 0. The zero-order chi connectivity index (χ0) is 12.5. The van der Waals surface area contributed by atoms with Crippen LogP contribution in [0.25, 0.3) is 0 Å². The van der Waals surface area contributed by atoms with Gasteiger partial charge in [-0.05, 0) is 36.5 Å². The van der Waals surface area contributed by atoms with E-state index >= 15 is 0 Å². The van der Waals surface area contributed by atoms with Crippen molar-refractivity contribution in [2.75, 3.05) is 0 Å². The van der Waals surface area contributed by atoms with E-state index in [0.717, 1.165) is 0 Å². The van der Waals surface area contributed by atoms with Gasteiger partial charge in [-0.2, -0.15) is 13.2 Å². The molecule has 0 unspecified atom stereocenters. The van der Waals surface area contributed by atoms with E-state index in [-0.39, 0.29) is 11.5 Å². The lowest BCUT2D eigenvalue weighted by atomic mass is 9.97. The van der Waals surface area contributed by atoms with Crippen LogP contribution in [0.1, 0.15) is 30.5 Å². The van der Waals surface area contributed by atoms with Gasteiger partial charge in [-0.25, -0.2) is 4.39 Å². The normalized spacial score (nSPS) is 12.2. The largest absolute Gasteiger partial charge is 0.416 e. The number of hydrogen-bond donors (Lipinski definition) is 0. The quantitative estimate of drug-likeness (QED) is 0.667. The third kappa shape index (κ3) is 2.97. The van der Waals surface area contributed by atoms with Crippen molar-refractivity contribution in [2.24, 2.45) is 5.92 Å². The number of benzene rings is 1. The van der Waals surface area contributed by atoms with Gasteiger partial charge in [0, 0.05) is 0 Å². The molecule has 0 bridgehead atoms. The summed E-state index contributed by atoms with van der Waals surface area (Å²) in [5.74, 6) is -0.558. The van der Waals surface area contributed by atoms with Crippen LogP contribution in [0.3, 0.4) is 0 Å². The van der Waals surface area contributed by atoms with Crippen LogP contribution in [-0.4, -0.2) is 0 Å². The summed E-state index contributed by atoms with van der Waals surface area (Å²) in [7, 11) is 0. The van der Waals surface area contributed by atoms with Crippen molar-refractivity contribution in [1.29, 1.82) is 0 Å². The lowest BCUT2D eigenvalue weighted by Crippen LogP contribution is -2.10. The number of aryl methyl sites for hydroxylation is 1. The van der Waals surface area contributed by atoms with Crippen LogP contribution in [0, 0.1) is 18.7 Å². The molecule has 4 heteroatoms. The number of rotatable bonds is 2. The van der Waals surface area contributed by atoms with Crippen molar-refractivity contribution in [3.63, 3.8) is 0 Å². The van der Waals surface area contributed by atoms with Gasteiger partial charge < -0.3 is 0 Å². The Hall–Kier alpha value is -1.06. The summed E-state index contributed by atoms with van der Waals surface area (Å²) in [4.78, 5) is 0. The molecule has 1 aromatic carbocycles. The first-order chi connectivity index (χ1) is 7.21. The Morgan fingerprint density at radius 1 is 1.19 bits per heavy atom. The maximum atomic E-state index is 13.4. The summed E-state index contributed by atoms with van der Waals surface area (Å²) >= 11 is 0. The second-order valence-electron chi connectivity index (χ2n) is 4.35. The van der Waals surface area contributed by atoms with Gasteiger partial charge >= 0.3 is 6.18 Å². The van der Waals surface area contributed by atoms with Crippen LogP contribution in [0.5, 0.6) is 0 Å². The van der Waals surface area contributed by atoms with Crippen molar-refractivity contribution >= 4 is 0 Å². The molecule has 1 aromatic rings. The van der Waals surface area contributed by atoms with Crippen LogP contribution in [0.15, 0.2) is 12.1 Å². The van der Waals surface area contributed by atoms with Crippen LogP contribution < -0.4 is 0 Å². The topological polar surface area (TPSA) is 0 Å². The van der Waals surface area contributed by atoms with Gasteiger partial charge in [-0.3, -0.25) is 0 Å². The van der Waals surface area contributed by atoms with Gasteiger partial charge in [-0.1, -0.05) is 19.9 Å². The second-order valence-corrected chi connectivity index (χ2v) is 4.35. The molecular weight excluding hydrogens is 220 g/mol. The monoisotopic (exact) mass is 234 g/mol. The molecule has 0 nitrogen and oxygen atoms in total. The van der Waals surface area contributed by atoms with Crippen molar-refractivity contribution in [2.45, 2.75) is 33.4 Å². The smallest absolute Gasteiger partial charge is 0.207 e. The molecule has 0 saturated carbocycles. The predicted molar refractivity (Wildman–Crippen MR) is 54.7 cm³/mol. The molecule has 0 spiro atoms. The minimum Gasteiger partial charge on any atom is -0.207 e. The van der Waals surface area contributed by atoms with Gasteiger partial charge in [0.05, 0.1) is 5.56 Å². The standard InChI is InChI=1S/C12H14F4/c1-7(2)4-9-5-8(3)10(6-11(9)13)12(14,15)16/h5-7H,4H2,1-3H3. The molecule has 0 aromatic heterocycles. The summed E-state index contributed by atoms with van der Waals surface area (Å²) in [5.41, 5.74) is -0.470. The van der Waals surface area contributed by atoms with E-state index in [1.807, 2.05) is 13.8 Å². The van der Waals surface area contributed by atoms with Crippen molar-refractivity contribution < 1.29 is 17.6 Å². The maximum Gasteiger partial charge on any atom is 0.416 e. The number of hydrogen-bond acceptors (Lipinski definition) is 0. The Balaban J connectivity index is 3.17. The van der Waals surface area contributed by atoms with Gasteiger partial charge in [-0.15, -0.1) is 0 Å². The number of halogens is 4. The maximum absolute atomic E-state index is 13.4. The average Bonchev–Trinajstić information content (AvgIpc) is 2.07. The van der Waals surface area contributed by atoms with Gasteiger partial charge in [0.1, 0.15) is 5.82 Å². The molecular formula is C12H14F4. The molecule has 0 saturated heterocycles. The average molecular weight is 234 g/mol. The molecule has 16 heavy (non-hydrogen) atoms. The van der Waals surface area contributed by atoms with E-state index in [1.54, 1.807) is 0 Å². The third-order valence-electron chi connectivity index (χ3n) is 2.33. The fourth-order valence-electron chi connectivity index (χ4n) is 1.64. The van der Waals surface area contributed by atoms with Gasteiger partial charge in [0.25, 0.3) is 0 Å². The van der Waals surface area contributed by atoms with Crippen LogP contribution in [0.4, 0.5) is 17.6 Å². The Labute approximate surface area is 92.3 Å². The fourth-order valence-corrected chi connectivity index (χ4v) is 1.64. The molecule has 0 heterocycles. The number of alkyl halides is 3. The summed E-state index contributed by atoms with van der Waals surface area (Å²) in [6.07, 6.45) is -4.04. The zero-order valence-electron chi connectivity index (χ0n) is 9.45. The van der Waals surface area contributed by atoms with E-state index in [9.17, 15) is 17.6 Å². The first kappa shape index (κ1) is 13.0. The van der Waals surface area contributed by atoms with Gasteiger partial charge in [0.2, 0.25) is 0 Å². The molecule has 90 valence electrons. The van der Waals surface area contributed by atoms with Crippen LogP contribution >= 0.6 is 0 Å². The molecule has 0 aliphatic heterocycles. The Bertz CT molecular complexity index is 377. The molecule has 0 N–H and O–H groups in total. The Morgan fingerprint density at radius 2 is 1.75 bits per heavy atom. The summed E-state index contributed by atoms with van der Waals surface area (Å²) < 4.78 is 50.8. The van der Waals surface area contributed by atoms with Crippen molar-refractivity contribution in [1.82, 2.24) is 0 Å². The third-order valence-corrected chi connectivity index (χ3v) is 2.33. The molecule has 0 aliphatic carbocycles. The van der Waals surface area contributed by atoms with E-state index in [1.165, 1.54) is 13.0 Å². The molecule has 0 fully saturated rings. The van der Waals surface area contributed by atoms with E-state index in [4.69, 9.17) is 0 Å². The minimum absolute atomic E-state index is 0.0737. The highest BCUT2D eigenvalue weighted by Crippen LogP contribution is 2.33. The summed E-state index contributed by atoms with van der Waals surface area (Å²) in [6, 6.07) is 1.88. The molecule has 1 rings (SSSR count). The van der Waals surface area contributed by atoms with Crippen molar-refractivity contribution in [3.8, 4) is 0 Å². The highest BCUT2D eigenvalue weighted by atomic mass is 19.4. The van der Waals surface area contributed by atoms with Crippen LogP contribution in [-0.2, 0) is 12.6 Å². The first-order valence-corrected chi connectivity index (χ1v) is 5.08. The van der Waals surface area contributed by atoms with E-state index < -0.39 is 17.6 Å². The highest BCUT2D eigenvalue weighted by molar-refractivity contribution is 5.34. The molecule has 0 aliphatic rings. The lowest BCUT2D eigenvalue weighted by Gasteiger charge is -2.13. The van der Waals surface area contributed by atoms with Gasteiger partial charge in [0.15, 0.2) is 0 Å². The lowest BCUT2D eigenvalue weighted by molar-refractivity contribution is -0.138. The molecule has 0 amide bonds. The second kappa shape index (κ2) is 4.44. The van der Waals surface area contributed by atoms with E-state index in [0.29, 0.717) is 18.1 Å². The predicted octanol–water partition coefficient (Wildman–Crippen LogP) is 4.35. The zero-order valence-corrected chi connectivity index (χ0v) is 9.45. The Morgan fingerprint density at radius 3 is 2.19 bits per heavy atom. The molecule has 0 atom stereocenters. The van der Waals surface area contributed by atoms with E-state index in [2.05, 4.69) is 0 Å². The highest BCUT2D eigenvalue weighted by Gasteiger charge is 2.33. The van der Waals surface area contributed by atoms with Crippen LogP contribution in [0.2, 0.25) is 0 Å². The SMILES string of the molecule is Cc1cc(CC(C)C)c(F)cc1C(F)(F)F. The van der Waals surface area contributed by atoms with Crippen molar-refractivity contribution in [3.05, 3.63) is 34.6 Å². The minimum atomic E-state index is -4.48. The Kier molecular flexibility index (Phi) is 3.61. The first-order valence-electron chi connectivity index (χ1n) is 5.08. The fraction of sp³-hybridized carbons (Fsp3) is 0.500. The summed E-state index contributed by atoms with van der Waals surface area (Å²) in [6.45, 7) is 5.14. The molecule has 0 radical (unpaired) electrons.